The first-order chi connectivity index (χ1) is 11.8. The van der Waals surface area contributed by atoms with Crippen LogP contribution in [0.25, 0.3) is 0 Å². The van der Waals surface area contributed by atoms with E-state index in [1.54, 1.807) is 0 Å². The third kappa shape index (κ3) is 8.00. The minimum Gasteiger partial charge on any atom is -0.465 e. The van der Waals surface area contributed by atoms with Crippen molar-refractivity contribution in [2.75, 3.05) is 6.61 Å². The van der Waals surface area contributed by atoms with E-state index in [0.29, 0.717) is 18.8 Å². The molecule has 3 nitrogen and oxygen atoms in total. The Morgan fingerprint density at radius 3 is 2.00 bits per heavy atom. The monoisotopic (exact) mass is 338 g/mol. The zero-order chi connectivity index (χ0) is 17.0. The number of ether oxygens (including phenoxy) is 2. The van der Waals surface area contributed by atoms with Crippen LogP contribution in [0.3, 0.4) is 0 Å². The molecule has 1 saturated heterocycles. The summed E-state index contributed by atoms with van der Waals surface area (Å²) >= 11 is 0. The molecule has 0 amide bonds. The predicted octanol–water partition coefficient (Wildman–Crippen LogP) is 5.80. The maximum Gasteiger partial charge on any atom is 0.309 e. The number of carbonyl (C=O) groups is 1. The quantitative estimate of drug-likeness (QED) is 0.228. The molecular formula is C21H38O3. The van der Waals surface area contributed by atoms with E-state index in [1.165, 1.54) is 70.6 Å². The van der Waals surface area contributed by atoms with E-state index in [0.717, 1.165) is 25.7 Å². The van der Waals surface area contributed by atoms with Gasteiger partial charge >= 0.3 is 5.97 Å². The number of fused-ring (bicyclic) bond motifs is 1. The van der Waals surface area contributed by atoms with Crippen molar-refractivity contribution in [2.24, 2.45) is 5.92 Å². The molecule has 24 heavy (non-hydrogen) atoms. The predicted molar refractivity (Wildman–Crippen MR) is 98.0 cm³/mol. The normalized spacial score (nSPS) is 25.3. The second kappa shape index (κ2) is 11.9. The van der Waals surface area contributed by atoms with E-state index in [4.69, 9.17) is 9.47 Å². The van der Waals surface area contributed by atoms with Crippen molar-refractivity contribution in [3.8, 4) is 0 Å². The van der Waals surface area contributed by atoms with Gasteiger partial charge < -0.3 is 9.47 Å². The minimum atomic E-state index is 0.0204. The molecule has 1 heterocycles. The van der Waals surface area contributed by atoms with Crippen LogP contribution in [0.2, 0.25) is 0 Å². The number of esters is 1. The summed E-state index contributed by atoms with van der Waals surface area (Å²) in [5.41, 5.74) is 0. The number of epoxide rings is 1. The Balaban J connectivity index is 1.30. The third-order valence-electron chi connectivity index (χ3n) is 5.58. The van der Waals surface area contributed by atoms with Gasteiger partial charge in [-0.05, 0) is 25.7 Å². The van der Waals surface area contributed by atoms with Crippen LogP contribution >= 0.6 is 0 Å². The van der Waals surface area contributed by atoms with Crippen molar-refractivity contribution in [1.29, 1.82) is 0 Å². The Kier molecular flexibility index (Phi) is 9.79. The summed E-state index contributed by atoms with van der Waals surface area (Å²) in [5, 5.41) is 0. The summed E-state index contributed by atoms with van der Waals surface area (Å²) < 4.78 is 10.9. The van der Waals surface area contributed by atoms with Crippen LogP contribution in [0.5, 0.6) is 0 Å². The first kappa shape index (κ1) is 19.8. The number of carbonyl (C=O) groups excluding carboxylic acids is 1. The molecule has 2 fully saturated rings. The number of rotatable bonds is 14. The molecule has 0 bridgehead atoms. The fraction of sp³-hybridized carbons (Fsp3) is 0.952. The zero-order valence-electron chi connectivity index (χ0n) is 15.8. The average Bonchev–Trinajstić information content (AvgIpc) is 3.37. The van der Waals surface area contributed by atoms with Crippen LogP contribution in [0.15, 0.2) is 0 Å². The summed E-state index contributed by atoms with van der Waals surface area (Å²) in [6, 6.07) is 0. The van der Waals surface area contributed by atoms with Gasteiger partial charge in [0.2, 0.25) is 0 Å². The molecule has 0 N–H and O–H groups in total. The minimum absolute atomic E-state index is 0.0204. The molecule has 0 aromatic heterocycles. The smallest absolute Gasteiger partial charge is 0.309 e. The molecule has 2 rings (SSSR count). The van der Waals surface area contributed by atoms with Crippen LogP contribution in [-0.2, 0) is 14.3 Å². The zero-order valence-corrected chi connectivity index (χ0v) is 15.8. The molecular weight excluding hydrogens is 300 g/mol. The molecule has 0 aromatic rings. The SMILES string of the molecule is CCCCCCCCCCCCCCOC(=O)C1CCC2OC2C1. The molecule has 1 aliphatic heterocycles. The molecule has 140 valence electrons. The summed E-state index contributed by atoms with van der Waals surface area (Å²) in [6.45, 7) is 2.88. The Bertz CT molecular complexity index is 342. The van der Waals surface area contributed by atoms with Crippen LogP contribution in [0, 0.1) is 5.92 Å². The number of unbranched alkanes of at least 4 members (excludes halogenated alkanes) is 11. The highest BCUT2D eigenvalue weighted by molar-refractivity contribution is 5.72. The average molecular weight is 339 g/mol. The first-order valence-electron chi connectivity index (χ1n) is 10.6. The highest BCUT2D eigenvalue weighted by Crippen LogP contribution is 2.39. The van der Waals surface area contributed by atoms with Crippen LogP contribution < -0.4 is 0 Å². The lowest BCUT2D eigenvalue weighted by Gasteiger charge is -2.17. The van der Waals surface area contributed by atoms with Gasteiger partial charge in [0.25, 0.3) is 0 Å². The Morgan fingerprint density at radius 2 is 1.42 bits per heavy atom. The van der Waals surface area contributed by atoms with Gasteiger partial charge in [-0.1, -0.05) is 77.6 Å². The fourth-order valence-electron chi connectivity index (χ4n) is 3.85. The van der Waals surface area contributed by atoms with Crippen molar-refractivity contribution in [1.82, 2.24) is 0 Å². The van der Waals surface area contributed by atoms with Crippen molar-refractivity contribution in [2.45, 2.75) is 115 Å². The number of hydrogen-bond acceptors (Lipinski definition) is 3. The van der Waals surface area contributed by atoms with Crippen molar-refractivity contribution in [3.63, 3.8) is 0 Å². The van der Waals surface area contributed by atoms with Crippen molar-refractivity contribution >= 4 is 5.97 Å². The second-order valence-electron chi connectivity index (χ2n) is 7.78. The topological polar surface area (TPSA) is 38.8 Å². The lowest BCUT2D eigenvalue weighted by Crippen LogP contribution is -2.24. The summed E-state index contributed by atoms with van der Waals surface area (Å²) in [4.78, 5) is 12.0. The molecule has 0 aromatic carbocycles. The fourth-order valence-corrected chi connectivity index (χ4v) is 3.85. The Hall–Kier alpha value is -0.570. The van der Waals surface area contributed by atoms with E-state index < -0.39 is 0 Å². The van der Waals surface area contributed by atoms with E-state index in [9.17, 15) is 4.79 Å². The van der Waals surface area contributed by atoms with Gasteiger partial charge in [-0.25, -0.2) is 0 Å². The van der Waals surface area contributed by atoms with Gasteiger partial charge in [0, 0.05) is 0 Å². The summed E-state index contributed by atoms with van der Waals surface area (Å²) in [5.74, 6) is 0.123. The highest BCUT2D eigenvalue weighted by atomic mass is 16.6. The van der Waals surface area contributed by atoms with Gasteiger partial charge in [-0.3, -0.25) is 4.79 Å². The summed E-state index contributed by atoms with van der Waals surface area (Å²) in [6.07, 6.45) is 19.8. The molecule has 3 unspecified atom stereocenters. The van der Waals surface area contributed by atoms with Crippen molar-refractivity contribution < 1.29 is 14.3 Å². The van der Waals surface area contributed by atoms with Gasteiger partial charge in [-0.15, -0.1) is 0 Å². The van der Waals surface area contributed by atoms with Gasteiger partial charge in [-0.2, -0.15) is 0 Å². The lowest BCUT2D eigenvalue weighted by atomic mass is 9.89. The molecule has 3 atom stereocenters. The van der Waals surface area contributed by atoms with Crippen LogP contribution in [-0.4, -0.2) is 24.8 Å². The Morgan fingerprint density at radius 1 is 0.833 bits per heavy atom. The third-order valence-corrected chi connectivity index (χ3v) is 5.58. The highest BCUT2D eigenvalue weighted by Gasteiger charge is 2.46. The van der Waals surface area contributed by atoms with Gasteiger partial charge in [0.05, 0.1) is 24.7 Å². The number of hydrogen-bond donors (Lipinski definition) is 0. The van der Waals surface area contributed by atoms with E-state index >= 15 is 0 Å². The van der Waals surface area contributed by atoms with Crippen LogP contribution in [0.4, 0.5) is 0 Å². The van der Waals surface area contributed by atoms with E-state index in [-0.39, 0.29) is 11.9 Å². The van der Waals surface area contributed by atoms with Crippen LogP contribution in [0.1, 0.15) is 103 Å². The van der Waals surface area contributed by atoms with E-state index in [2.05, 4.69) is 6.92 Å². The summed E-state index contributed by atoms with van der Waals surface area (Å²) in [7, 11) is 0. The van der Waals surface area contributed by atoms with Crippen molar-refractivity contribution in [3.05, 3.63) is 0 Å². The molecule has 1 saturated carbocycles. The maximum atomic E-state index is 12.0. The van der Waals surface area contributed by atoms with Gasteiger partial charge in [0.1, 0.15) is 0 Å². The first-order valence-corrected chi connectivity index (χ1v) is 10.6. The molecule has 3 heteroatoms. The standard InChI is InChI=1S/C21H38O3/c1-2-3-4-5-6-7-8-9-10-11-12-13-16-23-21(22)18-14-15-19-20(17-18)24-19/h18-20H,2-17H2,1H3. The lowest BCUT2D eigenvalue weighted by molar-refractivity contribution is -0.149. The van der Waals surface area contributed by atoms with Gasteiger partial charge in [0.15, 0.2) is 0 Å². The molecule has 0 spiro atoms. The molecule has 2 aliphatic rings. The Labute approximate surface area is 148 Å². The largest absolute Gasteiger partial charge is 0.465 e. The molecule has 0 radical (unpaired) electrons. The second-order valence-corrected chi connectivity index (χ2v) is 7.78. The molecule has 1 aliphatic carbocycles. The van der Waals surface area contributed by atoms with E-state index in [1.807, 2.05) is 0 Å². The maximum absolute atomic E-state index is 12.0.